The van der Waals surface area contributed by atoms with Gasteiger partial charge in [0.25, 0.3) is 0 Å². The first-order valence-electron chi connectivity index (χ1n) is 4.35. The molecule has 1 atom stereocenters. The fourth-order valence-corrected chi connectivity index (χ4v) is 2.36. The van der Waals surface area contributed by atoms with Crippen LogP contribution in [0.5, 0.6) is 0 Å². The van der Waals surface area contributed by atoms with Crippen LogP contribution < -0.4 is 0 Å². The predicted octanol–water partition coefficient (Wildman–Crippen LogP) is 2.60. The summed E-state index contributed by atoms with van der Waals surface area (Å²) in [6.07, 6.45) is -0.371. The van der Waals surface area contributed by atoms with Crippen LogP contribution in [0, 0.1) is 6.92 Å². The van der Waals surface area contributed by atoms with Crippen molar-refractivity contribution in [1.29, 1.82) is 0 Å². The topological polar surface area (TPSA) is 20.2 Å². The van der Waals surface area contributed by atoms with Gasteiger partial charge in [-0.15, -0.1) is 0 Å². The third-order valence-corrected chi connectivity index (χ3v) is 3.18. The van der Waals surface area contributed by atoms with Crippen molar-refractivity contribution in [2.45, 2.75) is 20.0 Å². The Morgan fingerprint density at radius 2 is 2.23 bits per heavy atom. The Morgan fingerprint density at radius 3 is 2.92 bits per heavy atom. The van der Waals surface area contributed by atoms with Crippen molar-refractivity contribution in [2.75, 3.05) is 0 Å². The van der Waals surface area contributed by atoms with Crippen molar-refractivity contribution in [3.05, 3.63) is 28.5 Å². The minimum absolute atomic E-state index is 0.371. The number of hydrogen-bond acceptors (Lipinski definition) is 2. The summed E-state index contributed by atoms with van der Waals surface area (Å²) in [5.41, 5.74) is 0.991. The van der Waals surface area contributed by atoms with Crippen LogP contribution in [0.3, 0.4) is 0 Å². The zero-order valence-corrected chi connectivity index (χ0v) is 8.56. The molecule has 3 heteroatoms. The van der Waals surface area contributed by atoms with E-state index in [1.54, 1.807) is 18.3 Å². The number of aliphatic hydroxyl groups is 1. The molecule has 0 fully saturated rings. The third kappa shape index (κ3) is 1.67. The first-order valence-corrected chi connectivity index (χ1v) is 5.16. The second-order valence-corrected chi connectivity index (χ2v) is 4.62. The van der Waals surface area contributed by atoms with Crippen molar-refractivity contribution in [3.63, 3.8) is 0 Å². The zero-order valence-electron chi connectivity index (χ0n) is 7.74. The summed E-state index contributed by atoms with van der Waals surface area (Å²) in [6.45, 7) is 6.05. The minimum atomic E-state index is -0.371. The van der Waals surface area contributed by atoms with Crippen LogP contribution in [0.2, 0.25) is 0 Å². The molecule has 0 aliphatic heterocycles. The molecular weight excluding hydrogens is 179 g/mol. The van der Waals surface area contributed by atoms with Gasteiger partial charge < -0.3 is 0 Å². The number of rotatable bonds is 1. The average molecular weight is 190 g/mol. The number of hydrogen-bond donors (Lipinski definition) is 1. The van der Waals surface area contributed by atoms with E-state index in [1.165, 1.54) is 14.8 Å². The second-order valence-electron chi connectivity index (χ2n) is 3.33. The van der Waals surface area contributed by atoms with Gasteiger partial charge in [-0.1, -0.05) is 0 Å². The first kappa shape index (κ1) is 8.91. The summed E-state index contributed by atoms with van der Waals surface area (Å²) in [7, 11) is 0. The van der Waals surface area contributed by atoms with Crippen molar-refractivity contribution in [1.82, 2.24) is 0 Å². The molecular formula is C10H11BOS. The molecule has 66 valence electrons. The molecule has 0 amide bonds. The van der Waals surface area contributed by atoms with Gasteiger partial charge in [0.2, 0.25) is 0 Å². The van der Waals surface area contributed by atoms with E-state index < -0.39 is 0 Å². The fourth-order valence-electron chi connectivity index (χ4n) is 1.45. The predicted molar refractivity (Wildman–Crippen MR) is 58.5 cm³/mol. The van der Waals surface area contributed by atoms with Crippen LogP contribution in [0.4, 0.5) is 0 Å². The van der Waals surface area contributed by atoms with E-state index in [0.717, 1.165) is 5.56 Å². The average Bonchev–Trinajstić information content (AvgIpc) is 2.42. The summed E-state index contributed by atoms with van der Waals surface area (Å²) in [5.74, 6) is 0. The molecule has 1 N–H and O–H groups in total. The number of aryl methyl sites for hydroxylation is 1. The molecule has 0 bridgehead atoms. The Hall–Kier alpha value is -0.665. The van der Waals surface area contributed by atoms with E-state index in [9.17, 15) is 5.11 Å². The maximum absolute atomic E-state index is 9.39. The van der Waals surface area contributed by atoms with E-state index in [-0.39, 0.29) is 6.10 Å². The SMILES string of the molecule is Cc1bc2cc(C(C)O)ccc2s1. The van der Waals surface area contributed by atoms with Crippen LogP contribution in [0.25, 0.3) is 9.98 Å². The number of benzene rings is 1. The summed E-state index contributed by atoms with van der Waals surface area (Å²) in [4.78, 5) is 0. The van der Waals surface area contributed by atoms with Crippen molar-refractivity contribution < 1.29 is 5.11 Å². The van der Waals surface area contributed by atoms with E-state index in [0.29, 0.717) is 0 Å². The molecule has 1 aromatic carbocycles. The number of fused-ring (bicyclic) bond motifs is 1. The van der Waals surface area contributed by atoms with Gasteiger partial charge in [0.05, 0.1) is 0 Å². The maximum atomic E-state index is 9.39. The van der Waals surface area contributed by atoms with E-state index in [1.807, 2.05) is 6.07 Å². The molecule has 0 saturated heterocycles. The van der Waals surface area contributed by atoms with Crippen LogP contribution in [0.1, 0.15) is 23.4 Å². The summed E-state index contributed by atoms with van der Waals surface area (Å²) in [6, 6.07) is 6.13. The molecule has 1 aromatic heterocycles. The van der Waals surface area contributed by atoms with Crippen LogP contribution >= 0.6 is 11.3 Å². The molecule has 1 nitrogen and oxygen atoms in total. The van der Waals surface area contributed by atoms with Gasteiger partial charge in [-0.3, -0.25) is 0 Å². The third-order valence-electron chi connectivity index (χ3n) is 2.15. The summed E-state index contributed by atoms with van der Waals surface area (Å²) >= 11 is 1.79. The molecule has 0 saturated carbocycles. The van der Waals surface area contributed by atoms with Gasteiger partial charge >= 0.3 is 81.8 Å². The Kier molecular flexibility index (Phi) is 2.22. The molecule has 1 heterocycles. The summed E-state index contributed by atoms with van der Waals surface area (Å²) < 4.78 is 2.61. The van der Waals surface area contributed by atoms with Crippen LogP contribution in [-0.4, -0.2) is 12.0 Å². The Bertz CT molecular complexity index is 433. The normalized spacial score (nSPS) is 13.2. The standard InChI is InChI=1S/C10H11BOS/c1-6(12)8-3-4-10-9(5-8)11-7(2)13-10/h3-6,12H,1-2H3. The first-order chi connectivity index (χ1) is 6.16. The van der Waals surface area contributed by atoms with Crippen LogP contribution in [-0.2, 0) is 0 Å². The van der Waals surface area contributed by atoms with Gasteiger partial charge in [0.15, 0.2) is 0 Å². The Labute approximate surface area is 82.2 Å². The van der Waals surface area contributed by atoms with Crippen LogP contribution in [0.15, 0.2) is 18.2 Å². The molecule has 0 radical (unpaired) electrons. The second kappa shape index (κ2) is 3.24. The summed E-state index contributed by atoms with van der Waals surface area (Å²) in [5, 5.41) is 10.6. The van der Waals surface area contributed by atoms with E-state index in [4.69, 9.17) is 0 Å². The van der Waals surface area contributed by atoms with Crippen molar-refractivity contribution >= 4 is 28.2 Å². The molecule has 0 spiro atoms. The quantitative estimate of drug-likeness (QED) is 0.732. The molecule has 2 rings (SSSR count). The molecule has 0 aliphatic rings. The van der Waals surface area contributed by atoms with Crippen molar-refractivity contribution in [3.8, 4) is 0 Å². The molecule has 13 heavy (non-hydrogen) atoms. The van der Waals surface area contributed by atoms with Gasteiger partial charge in [-0.2, -0.15) is 0 Å². The molecule has 1 unspecified atom stereocenters. The number of aliphatic hydroxyl groups excluding tert-OH is 1. The van der Waals surface area contributed by atoms with Gasteiger partial charge in [-0.05, 0) is 0 Å². The Balaban J connectivity index is 2.61. The monoisotopic (exact) mass is 190 g/mol. The van der Waals surface area contributed by atoms with Gasteiger partial charge in [0.1, 0.15) is 0 Å². The zero-order chi connectivity index (χ0) is 9.42. The van der Waals surface area contributed by atoms with E-state index >= 15 is 0 Å². The van der Waals surface area contributed by atoms with Gasteiger partial charge in [0, 0.05) is 0 Å². The molecule has 0 aliphatic carbocycles. The van der Waals surface area contributed by atoms with E-state index in [2.05, 4.69) is 26.0 Å². The van der Waals surface area contributed by atoms with Gasteiger partial charge in [-0.25, -0.2) is 0 Å². The fraction of sp³-hybridized carbons (Fsp3) is 0.300. The van der Waals surface area contributed by atoms with Crippen molar-refractivity contribution in [2.24, 2.45) is 0 Å². The molecule has 2 aromatic rings. The Morgan fingerprint density at radius 1 is 1.46 bits per heavy atom.